The summed E-state index contributed by atoms with van der Waals surface area (Å²) in [5.74, 6) is 0. The van der Waals surface area contributed by atoms with Crippen molar-refractivity contribution in [3.63, 3.8) is 0 Å². The molecule has 0 aliphatic rings. The fraction of sp³-hybridized carbons (Fsp3) is 0.556. The molecule has 0 aliphatic heterocycles. The Morgan fingerprint density at radius 2 is 1.75 bits per heavy atom. The topological polar surface area (TPSA) is 17.1 Å². The zero-order valence-corrected chi connectivity index (χ0v) is 13.0. The zero-order valence-electron chi connectivity index (χ0n) is 13.0. The third-order valence-electron chi connectivity index (χ3n) is 3.78. The van der Waals surface area contributed by atoms with E-state index in [1.807, 2.05) is 25.1 Å². The second-order valence-corrected chi connectivity index (χ2v) is 5.59. The van der Waals surface area contributed by atoms with Gasteiger partial charge in [-0.15, -0.1) is 0 Å². The molecular weight excluding hydrogens is 243 g/mol. The van der Waals surface area contributed by atoms with Crippen molar-refractivity contribution in [2.45, 2.75) is 65.2 Å². The molecule has 0 unspecified atom stereocenters. The number of aryl methyl sites for hydroxylation is 1. The van der Waals surface area contributed by atoms with Crippen LogP contribution in [0.25, 0.3) is 0 Å². The number of aldehydes is 1. The number of hydrogen-bond acceptors (Lipinski definition) is 1. The van der Waals surface area contributed by atoms with Gasteiger partial charge in [-0.25, -0.2) is 0 Å². The Hall–Kier alpha value is -1.18. The zero-order chi connectivity index (χ0) is 14.8. The van der Waals surface area contributed by atoms with Gasteiger partial charge in [0.15, 0.2) is 0 Å². The van der Waals surface area contributed by atoms with Crippen LogP contribution in [0.1, 0.15) is 79.8 Å². The molecule has 0 fully saturated rings. The molecule has 0 heterocycles. The SMILES string of the molecule is [B]=C(CCCCCCCCC)c1ccc(C=O)cc1C. The van der Waals surface area contributed by atoms with Crippen molar-refractivity contribution in [3.05, 3.63) is 34.9 Å². The van der Waals surface area contributed by atoms with Crippen LogP contribution in [0.5, 0.6) is 0 Å². The van der Waals surface area contributed by atoms with Crippen LogP contribution in [0.15, 0.2) is 18.2 Å². The average Bonchev–Trinajstić information content (AvgIpc) is 2.45. The maximum absolute atomic E-state index is 10.7. The molecule has 0 atom stereocenters. The van der Waals surface area contributed by atoms with Crippen LogP contribution in [0.3, 0.4) is 0 Å². The molecule has 0 N–H and O–H groups in total. The molecular formula is C18H26BO. The van der Waals surface area contributed by atoms with Gasteiger partial charge in [0, 0.05) is 0 Å². The molecule has 1 radical (unpaired) electrons. The second kappa shape index (κ2) is 9.69. The van der Waals surface area contributed by atoms with Crippen LogP contribution in [0.4, 0.5) is 0 Å². The van der Waals surface area contributed by atoms with E-state index in [1.54, 1.807) is 0 Å². The summed E-state index contributed by atoms with van der Waals surface area (Å²) >= 11 is 0. The summed E-state index contributed by atoms with van der Waals surface area (Å²) in [6.45, 7) is 4.26. The monoisotopic (exact) mass is 269 g/mol. The van der Waals surface area contributed by atoms with E-state index in [-0.39, 0.29) is 0 Å². The molecule has 1 aromatic rings. The molecule has 1 aromatic carbocycles. The first-order valence-corrected chi connectivity index (χ1v) is 7.86. The van der Waals surface area contributed by atoms with Crippen molar-refractivity contribution in [2.75, 3.05) is 0 Å². The van der Waals surface area contributed by atoms with Crippen LogP contribution in [0.2, 0.25) is 0 Å². The number of unbranched alkanes of at least 4 members (excludes halogenated alkanes) is 6. The predicted molar refractivity (Wildman–Crippen MR) is 89.0 cm³/mol. The molecule has 1 nitrogen and oxygen atoms in total. The van der Waals surface area contributed by atoms with Crippen molar-refractivity contribution in [1.82, 2.24) is 0 Å². The summed E-state index contributed by atoms with van der Waals surface area (Å²) in [5.41, 5.74) is 3.86. The third kappa shape index (κ3) is 5.86. The van der Waals surface area contributed by atoms with Crippen molar-refractivity contribution >= 4 is 19.2 Å². The Morgan fingerprint density at radius 3 is 2.35 bits per heavy atom. The molecule has 107 valence electrons. The summed E-state index contributed by atoms with van der Waals surface area (Å²) in [7, 11) is 6.18. The molecule has 0 spiro atoms. The number of benzene rings is 1. The molecule has 2 heteroatoms. The fourth-order valence-electron chi connectivity index (χ4n) is 2.53. The molecule has 0 bridgehead atoms. The second-order valence-electron chi connectivity index (χ2n) is 5.59. The van der Waals surface area contributed by atoms with Gasteiger partial charge in [-0.1, -0.05) is 0 Å². The van der Waals surface area contributed by atoms with Gasteiger partial charge in [0.1, 0.15) is 0 Å². The number of carbonyl (C=O) groups excluding carboxylic acids is 1. The molecule has 20 heavy (non-hydrogen) atoms. The van der Waals surface area contributed by atoms with Gasteiger partial charge in [0.2, 0.25) is 0 Å². The first-order valence-electron chi connectivity index (χ1n) is 7.86. The normalized spacial score (nSPS) is 10.4. The molecule has 0 saturated heterocycles. The van der Waals surface area contributed by atoms with Gasteiger partial charge in [-0.2, -0.15) is 0 Å². The predicted octanol–water partition coefficient (Wildman–Crippen LogP) is 4.64. The van der Waals surface area contributed by atoms with Crippen molar-refractivity contribution in [2.24, 2.45) is 0 Å². The van der Waals surface area contributed by atoms with Crippen LogP contribution >= 0.6 is 0 Å². The van der Waals surface area contributed by atoms with E-state index in [4.69, 9.17) is 7.49 Å². The molecule has 0 aliphatic carbocycles. The Kier molecular flexibility index (Phi) is 8.17. The maximum atomic E-state index is 10.7. The van der Waals surface area contributed by atoms with Crippen LogP contribution in [-0.2, 0) is 0 Å². The van der Waals surface area contributed by atoms with Gasteiger partial charge >= 0.3 is 124 Å². The number of carbonyl (C=O) groups is 1. The number of rotatable bonds is 10. The van der Waals surface area contributed by atoms with E-state index in [1.165, 1.54) is 38.5 Å². The summed E-state index contributed by atoms with van der Waals surface area (Å²) in [5, 5.41) is 0. The Labute approximate surface area is 124 Å². The van der Waals surface area contributed by atoms with Gasteiger partial charge in [-0.3, -0.25) is 0 Å². The molecule has 0 aromatic heterocycles. The van der Waals surface area contributed by atoms with Crippen LogP contribution in [0, 0.1) is 6.92 Å². The van der Waals surface area contributed by atoms with E-state index in [9.17, 15) is 4.79 Å². The Bertz CT molecular complexity index is 437. The minimum absolute atomic E-state index is 0.718. The van der Waals surface area contributed by atoms with Crippen LogP contribution in [-0.4, -0.2) is 19.2 Å². The number of hydrogen-bond donors (Lipinski definition) is 0. The fourth-order valence-corrected chi connectivity index (χ4v) is 2.53. The molecule has 0 saturated carbocycles. The summed E-state index contributed by atoms with van der Waals surface area (Å²) in [6, 6.07) is 5.71. The molecule has 0 amide bonds. The van der Waals surface area contributed by atoms with E-state index in [0.717, 1.165) is 41.3 Å². The van der Waals surface area contributed by atoms with E-state index in [0.29, 0.717) is 0 Å². The summed E-state index contributed by atoms with van der Waals surface area (Å²) in [4.78, 5) is 10.7. The Morgan fingerprint density at radius 1 is 1.10 bits per heavy atom. The van der Waals surface area contributed by atoms with E-state index >= 15 is 0 Å². The standard InChI is InChI=1S/C18H26BO/c1-3-4-5-6-7-8-9-10-18(19)17-12-11-16(14-20)13-15(17)2/h11-14H,3-10H2,1-2H3. The average molecular weight is 269 g/mol. The summed E-state index contributed by atoms with van der Waals surface area (Å²) in [6.07, 6.45) is 10.9. The minimum atomic E-state index is 0.718. The van der Waals surface area contributed by atoms with E-state index in [2.05, 4.69) is 6.92 Å². The first-order chi connectivity index (χ1) is 9.69. The summed E-state index contributed by atoms with van der Waals surface area (Å²) < 4.78 is 0. The van der Waals surface area contributed by atoms with Crippen LogP contribution < -0.4 is 0 Å². The molecule has 1 rings (SSSR count). The van der Waals surface area contributed by atoms with Crippen molar-refractivity contribution in [3.8, 4) is 0 Å². The quantitative estimate of drug-likeness (QED) is 0.343. The van der Waals surface area contributed by atoms with E-state index < -0.39 is 0 Å². The third-order valence-corrected chi connectivity index (χ3v) is 3.78. The van der Waals surface area contributed by atoms with Crippen molar-refractivity contribution in [1.29, 1.82) is 0 Å². The Balaban J connectivity index is 2.31. The van der Waals surface area contributed by atoms with Crippen molar-refractivity contribution < 1.29 is 4.79 Å². The van der Waals surface area contributed by atoms with Gasteiger partial charge in [0.25, 0.3) is 0 Å². The van der Waals surface area contributed by atoms with Gasteiger partial charge in [0.05, 0.1) is 0 Å². The van der Waals surface area contributed by atoms with Gasteiger partial charge in [-0.05, 0) is 0 Å². The van der Waals surface area contributed by atoms with Gasteiger partial charge < -0.3 is 0 Å². The first kappa shape index (κ1) is 16.9.